The number of hydrogen-bond donors (Lipinski definition) is 0. The highest BCUT2D eigenvalue weighted by Crippen LogP contribution is 2.68. The lowest BCUT2D eigenvalue weighted by Crippen LogP contribution is -2.70. The van der Waals surface area contributed by atoms with Gasteiger partial charge in [0.2, 0.25) is 0 Å². The predicted molar refractivity (Wildman–Crippen MR) is 105 cm³/mol. The fraction of sp³-hybridized carbons (Fsp3) is 0.905. The molecule has 0 amide bonds. The van der Waals surface area contributed by atoms with E-state index >= 15 is 0 Å². The molecule has 0 aromatic rings. The van der Waals surface area contributed by atoms with Crippen LogP contribution in [0.2, 0.25) is 0 Å². The average molecular weight is 384 g/mol. The van der Waals surface area contributed by atoms with Gasteiger partial charge in [0.1, 0.15) is 6.04 Å². The Labute approximate surface area is 164 Å². The van der Waals surface area contributed by atoms with Crippen molar-refractivity contribution in [3.63, 3.8) is 0 Å². The standard InChI is InChI=1S/C21H39N2O4/c1-10-26-18(24)16(19(25)27-11-2)23(8,9)17-15(22(6)7)14-12-13-21(17,5)20(14,3)4/h14-17H,10-13H2,1-9H3/q+1/t14-,15+,17-,21-/m1/s1. The maximum atomic E-state index is 12.9. The summed E-state index contributed by atoms with van der Waals surface area (Å²) in [6.45, 7) is 11.1. The van der Waals surface area contributed by atoms with Crippen molar-refractivity contribution < 1.29 is 23.5 Å². The van der Waals surface area contributed by atoms with E-state index in [1.165, 1.54) is 6.42 Å². The molecule has 0 aliphatic heterocycles. The highest BCUT2D eigenvalue weighted by molar-refractivity contribution is 5.97. The minimum atomic E-state index is -0.968. The Kier molecular flexibility index (Phi) is 6.04. The minimum absolute atomic E-state index is 0.0212. The number of hydrogen-bond acceptors (Lipinski definition) is 5. The molecule has 0 radical (unpaired) electrons. The number of likely N-dealkylation sites (N-methyl/N-ethyl adjacent to an activating group) is 2. The van der Waals surface area contributed by atoms with Crippen LogP contribution in [-0.2, 0) is 19.1 Å². The van der Waals surface area contributed by atoms with Gasteiger partial charge in [0.15, 0.2) is 0 Å². The summed E-state index contributed by atoms with van der Waals surface area (Å²) in [7, 11) is 8.23. The second-order valence-electron chi connectivity index (χ2n) is 9.72. The molecule has 156 valence electrons. The molecule has 0 aromatic carbocycles. The second-order valence-corrected chi connectivity index (χ2v) is 9.72. The topological polar surface area (TPSA) is 55.8 Å². The van der Waals surface area contributed by atoms with Gasteiger partial charge in [-0.2, -0.15) is 0 Å². The van der Waals surface area contributed by atoms with E-state index in [2.05, 4.69) is 39.8 Å². The number of ether oxygens (including phenoxy) is 2. The van der Waals surface area contributed by atoms with Crippen LogP contribution in [0.25, 0.3) is 0 Å². The molecular formula is C21H39N2O4+. The number of carbonyl (C=O) groups is 2. The van der Waals surface area contributed by atoms with Gasteiger partial charge in [-0.05, 0) is 52.1 Å². The van der Waals surface area contributed by atoms with E-state index in [4.69, 9.17) is 9.47 Å². The highest BCUT2D eigenvalue weighted by atomic mass is 16.6. The molecule has 0 unspecified atom stereocenters. The molecule has 2 fully saturated rings. The SMILES string of the molecule is CCOC(=O)C(C(=O)OCC)[N+](C)(C)[C@@H]1[C@@H](N(C)C)[C@H]2CC[C@@]1(C)C2(C)C. The van der Waals surface area contributed by atoms with Crippen molar-refractivity contribution >= 4 is 11.9 Å². The zero-order valence-corrected chi connectivity index (χ0v) is 18.7. The largest absolute Gasteiger partial charge is 0.461 e. The summed E-state index contributed by atoms with van der Waals surface area (Å²) in [4.78, 5) is 28.0. The van der Waals surface area contributed by atoms with E-state index in [9.17, 15) is 9.59 Å². The van der Waals surface area contributed by atoms with Crippen LogP contribution in [0.5, 0.6) is 0 Å². The van der Waals surface area contributed by atoms with Crippen LogP contribution < -0.4 is 0 Å². The van der Waals surface area contributed by atoms with E-state index in [-0.39, 0.29) is 34.6 Å². The van der Waals surface area contributed by atoms with Crippen LogP contribution in [0.4, 0.5) is 0 Å². The minimum Gasteiger partial charge on any atom is -0.461 e. The predicted octanol–water partition coefficient (Wildman–Crippen LogP) is 2.31. The van der Waals surface area contributed by atoms with Crippen LogP contribution in [0, 0.1) is 16.7 Å². The third-order valence-electron chi connectivity index (χ3n) is 7.76. The van der Waals surface area contributed by atoms with Crippen molar-refractivity contribution in [2.24, 2.45) is 16.7 Å². The molecule has 2 bridgehead atoms. The number of esters is 2. The van der Waals surface area contributed by atoms with Gasteiger partial charge >= 0.3 is 11.9 Å². The molecule has 2 aliphatic rings. The molecule has 4 atom stereocenters. The van der Waals surface area contributed by atoms with Crippen LogP contribution in [0.1, 0.15) is 47.5 Å². The fourth-order valence-corrected chi connectivity index (χ4v) is 6.30. The zero-order chi connectivity index (χ0) is 20.8. The summed E-state index contributed by atoms with van der Waals surface area (Å²) >= 11 is 0. The average Bonchev–Trinajstić information content (AvgIpc) is 2.86. The number of quaternary nitrogens is 1. The van der Waals surface area contributed by atoms with E-state index in [0.717, 1.165) is 6.42 Å². The Morgan fingerprint density at radius 2 is 1.56 bits per heavy atom. The molecule has 2 aliphatic carbocycles. The van der Waals surface area contributed by atoms with Crippen LogP contribution in [0.3, 0.4) is 0 Å². The molecule has 0 spiro atoms. The summed E-state index contributed by atoms with van der Waals surface area (Å²) < 4.78 is 10.9. The van der Waals surface area contributed by atoms with Gasteiger partial charge < -0.3 is 18.9 Å². The van der Waals surface area contributed by atoms with Gasteiger partial charge in [0.25, 0.3) is 6.04 Å². The molecule has 0 saturated heterocycles. The lowest BCUT2D eigenvalue weighted by atomic mass is 9.68. The van der Waals surface area contributed by atoms with Crippen LogP contribution >= 0.6 is 0 Å². The maximum absolute atomic E-state index is 12.9. The van der Waals surface area contributed by atoms with Gasteiger partial charge in [-0.1, -0.05) is 20.8 Å². The van der Waals surface area contributed by atoms with Crippen molar-refractivity contribution in [3.8, 4) is 0 Å². The fourth-order valence-electron chi connectivity index (χ4n) is 6.30. The Bertz CT molecular complexity index is 569. The summed E-state index contributed by atoms with van der Waals surface area (Å²) in [6, 6.07) is -0.551. The molecule has 2 rings (SSSR count). The number of nitrogens with zero attached hydrogens (tertiary/aromatic N) is 2. The van der Waals surface area contributed by atoms with E-state index in [0.29, 0.717) is 12.0 Å². The third kappa shape index (κ3) is 3.19. The first-order chi connectivity index (χ1) is 12.4. The Balaban J connectivity index is 2.55. The van der Waals surface area contributed by atoms with Crippen molar-refractivity contribution in [3.05, 3.63) is 0 Å². The third-order valence-corrected chi connectivity index (χ3v) is 7.76. The smallest absolute Gasteiger partial charge is 0.377 e. The Morgan fingerprint density at radius 3 is 1.96 bits per heavy atom. The molecule has 27 heavy (non-hydrogen) atoms. The molecule has 2 saturated carbocycles. The zero-order valence-electron chi connectivity index (χ0n) is 18.7. The highest BCUT2D eigenvalue weighted by Gasteiger charge is 2.73. The van der Waals surface area contributed by atoms with E-state index < -0.39 is 18.0 Å². The summed E-state index contributed by atoms with van der Waals surface area (Å²) in [6.07, 6.45) is 2.30. The van der Waals surface area contributed by atoms with Crippen LogP contribution in [0.15, 0.2) is 0 Å². The van der Waals surface area contributed by atoms with Gasteiger partial charge in [-0.25, -0.2) is 9.59 Å². The second kappa shape index (κ2) is 7.36. The van der Waals surface area contributed by atoms with Gasteiger partial charge in [-0.15, -0.1) is 0 Å². The van der Waals surface area contributed by atoms with Gasteiger partial charge in [-0.3, -0.25) is 0 Å². The van der Waals surface area contributed by atoms with Crippen molar-refractivity contribution in [2.45, 2.75) is 65.6 Å². The summed E-state index contributed by atoms with van der Waals surface area (Å²) in [5.74, 6) is -0.435. The van der Waals surface area contributed by atoms with Gasteiger partial charge in [0.05, 0.1) is 33.4 Å². The number of rotatable bonds is 7. The Hall–Kier alpha value is -1.14. The molecule has 6 nitrogen and oxygen atoms in total. The van der Waals surface area contributed by atoms with Crippen LogP contribution in [-0.4, -0.2) is 80.9 Å². The lowest BCUT2D eigenvalue weighted by Gasteiger charge is -2.52. The lowest BCUT2D eigenvalue weighted by molar-refractivity contribution is -0.932. The molecule has 0 N–H and O–H groups in total. The van der Waals surface area contributed by atoms with Crippen molar-refractivity contribution in [1.82, 2.24) is 4.90 Å². The Morgan fingerprint density at radius 1 is 1.07 bits per heavy atom. The van der Waals surface area contributed by atoms with Crippen molar-refractivity contribution in [1.29, 1.82) is 0 Å². The first-order valence-electron chi connectivity index (χ1n) is 10.2. The summed E-state index contributed by atoms with van der Waals surface area (Å²) in [5.41, 5.74) is 0.156. The first-order valence-corrected chi connectivity index (χ1v) is 10.2. The normalized spacial score (nSPS) is 32.2. The van der Waals surface area contributed by atoms with E-state index in [1.807, 2.05) is 14.1 Å². The van der Waals surface area contributed by atoms with Crippen molar-refractivity contribution in [2.75, 3.05) is 41.4 Å². The monoisotopic (exact) mass is 383 g/mol. The number of carbonyl (C=O) groups excluding carboxylic acids is 2. The molecule has 6 heteroatoms. The van der Waals surface area contributed by atoms with E-state index in [1.54, 1.807) is 13.8 Å². The van der Waals surface area contributed by atoms with Gasteiger partial charge in [0, 0.05) is 5.41 Å². The maximum Gasteiger partial charge on any atom is 0.377 e. The molecular weight excluding hydrogens is 344 g/mol. The molecule has 0 heterocycles. The number of fused-ring (bicyclic) bond motifs is 2. The summed E-state index contributed by atoms with van der Waals surface area (Å²) in [5, 5.41) is 0. The first kappa shape index (κ1) is 22.2. The molecule has 0 aromatic heterocycles. The quantitative estimate of drug-likeness (QED) is 0.384.